The van der Waals surface area contributed by atoms with Crippen LogP contribution in [0, 0.1) is 0 Å². The smallest absolute Gasteiger partial charge is 1.00 e. The summed E-state index contributed by atoms with van der Waals surface area (Å²) in [5, 5.41) is 0. The predicted octanol–water partition coefficient (Wildman–Crippen LogP) is 7.18. The molecule has 0 aliphatic heterocycles. The standard InChI is InChI=1S/C30H46O.Na.H/c1-3-5-7-9-11-13-15-17-27-19-23-29(24-20-27)31-30-25-21-28(22-26-30)18-16-14-12-10-8-6-4-2;;/h19-26H,3-18H2,1-2H3;;/q;+1;-1. The van der Waals surface area contributed by atoms with E-state index in [2.05, 4.69) is 62.4 Å². The van der Waals surface area contributed by atoms with E-state index in [0.29, 0.717) is 0 Å². The van der Waals surface area contributed by atoms with Crippen molar-refractivity contribution >= 4 is 0 Å². The molecule has 1 nitrogen and oxygen atoms in total. The van der Waals surface area contributed by atoms with Gasteiger partial charge in [-0.15, -0.1) is 0 Å². The summed E-state index contributed by atoms with van der Waals surface area (Å²) in [6.07, 6.45) is 21.5. The van der Waals surface area contributed by atoms with E-state index in [4.69, 9.17) is 4.74 Å². The molecule has 2 rings (SSSR count). The van der Waals surface area contributed by atoms with Gasteiger partial charge in [0.15, 0.2) is 0 Å². The van der Waals surface area contributed by atoms with Crippen molar-refractivity contribution in [1.82, 2.24) is 0 Å². The van der Waals surface area contributed by atoms with Crippen molar-refractivity contribution in [2.24, 2.45) is 0 Å². The normalized spacial score (nSPS) is 10.7. The molecule has 0 aliphatic carbocycles. The third-order valence-electron chi connectivity index (χ3n) is 6.22. The van der Waals surface area contributed by atoms with Crippen molar-refractivity contribution < 1.29 is 35.7 Å². The van der Waals surface area contributed by atoms with E-state index < -0.39 is 0 Å². The van der Waals surface area contributed by atoms with Crippen LogP contribution in [0.5, 0.6) is 11.5 Å². The Kier molecular flexibility index (Phi) is 18.0. The van der Waals surface area contributed by atoms with Crippen LogP contribution < -0.4 is 34.3 Å². The van der Waals surface area contributed by atoms with Gasteiger partial charge in [-0.1, -0.05) is 115 Å². The molecule has 174 valence electrons. The van der Waals surface area contributed by atoms with Crippen molar-refractivity contribution in [2.45, 2.75) is 117 Å². The number of unbranched alkanes of at least 4 members (excludes halogenated alkanes) is 12. The summed E-state index contributed by atoms with van der Waals surface area (Å²) in [4.78, 5) is 0. The van der Waals surface area contributed by atoms with Crippen molar-refractivity contribution in [2.75, 3.05) is 0 Å². The van der Waals surface area contributed by atoms with Gasteiger partial charge < -0.3 is 6.16 Å². The largest absolute Gasteiger partial charge is 1.00 e. The minimum atomic E-state index is 0. The molecule has 0 amide bonds. The molecule has 2 aromatic rings. The van der Waals surface area contributed by atoms with Gasteiger partial charge in [-0.25, -0.2) is 0 Å². The molecule has 0 radical (unpaired) electrons. The summed E-state index contributed by atoms with van der Waals surface area (Å²) < 4.78 is 6.05. The van der Waals surface area contributed by atoms with Gasteiger partial charge in [-0.3, -0.25) is 0 Å². The molecule has 2 aromatic carbocycles. The summed E-state index contributed by atoms with van der Waals surface area (Å²) >= 11 is 0. The molecule has 0 aliphatic rings. The minimum absolute atomic E-state index is 0. The Bertz CT molecular complexity index is 609. The van der Waals surface area contributed by atoms with Gasteiger partial charge in [0.2, 0.25) is 0 Å². The third-order valence-corrected chi connectivity index (χ3v) is 6.22. The van der Waals surface area contributed by atoms with E-state index in [-0.39, 0.29) is 31.0 Å². The fourth-order valence-electron chi connectivity index (χ4n) is 4.16. The molecular weight excluding hydrogens is 399 g/mol. The SMILES string of the molecule is CCCCCCCCCc1ccc(Oc2ccc(CCCCCCCCC)cc2)cc1.[H-].[Na+]. The van der Waals surface area contributed by atoms with E-state index >= 15 is 0 Å². The molecule has 0 N–H and O–H groups in total. The number of benzene rings is 2. The summed E-state index contributed by atoms with van der Waals surface area (Å²) in [6, 6.07) is 17.4. The summed E-state index contributed by atoms with van der Waals surface area (Å²) in [5.74, 6) is 1.87. The predicted molar refractivity (Wildman–Crippen MR) is 137 cm³/mol. The molecule has 2 heteroatoms. The van der Waals surface area contributed by atoms with Gasteiger partial charge in [0.1, 0.15) is 11.5 Å². The molecule has 0 fully saturated rings. The maximum absolute atomic E-state index is 6.05. The molecule has 0 saturated heterocycles. The topological polar surface area (TPSA) is 9.23 Å². The first-order chi connectivity index (χ1) is 15.3. The molecule has 0 aromatic heterocycles. The first-order valence-electron chi connectivity index (χ1n) is 13.2. The second-order valence-corrected chi connectivity index (χ2v) is 9.13. The van der Waals surface area contributed by atoms with Gasteiger partial charge in [-0.05, 0) is 61.1 Å². The summed E-state index contributed by atoms with van der Waals surface area (Å²) in [7, 11) is 0. The van der Waals surface area contributed by atoms with E-state index in [1.54, 1.807) is 0 Å². The first-order valence-corrected chi connectivity index (χ1v) is 13.2. The second kappa shape index (κ2) is 19.7. The Hall–Kier alpha value is -0.760. The van der Waals surface area contributed by atoms with Crippen LogP contribution in [0.2, 0.25) is 0 Å². The number of hydrogen-bond acceptors (Lipinski definition) is 1. The Labute approximate surface area is 222 Å². The fourth-order valence-corrected chi connectivity index (χ4v) is 4.16. The van der Waals surface area contributed by atoms with Gasteiger partial charge in [0.05, 0.1) is 0 Å². The van der Waals surface area contributed by atoms with Crippen LogP contribution in [0.1, 0.15) is 116 Å². The molecule has 0 unspecified atom stereocenters. The van der Waals surface area contributed by atoms with Crippen LogP contribution in [0.15, 0.2) is 48.5 Å². The van der Waals surface area contributed by atoms with Crippen molar-refractivity contribution in [3.8, 4) is 11.5 Å². The number of aryl methyl sites for hydroxylation is 2. The molecule has 0 bridgehead atoms. The quantitative estimate of drug-likeness (QED) is 0.174. The Morgan fingerprint density at radius 2 is 0.781 bits per heavy atom. The number of rotatable bonds is 18. The number of ether oxygens (including phenoxy) is 1. The van der Waals surface area contributed by atoms with E-state index in [1.165, 1.54) is 114 Å². The Morgan fingerprint density at radius 1 is 0.469 bits per heavy atom. The number of hydrogen-bond donors (Lipinski definition) is 0. The average Bonchev–Trinajstić information content (AvgIpc) is 2.80. The van der Waals surface area contributed by atoms with Gasteiger partial charge in [0, 0.05) is 0 Å². The van der Waals surface area contributed by atoms with E-state index in [1.807, 2.05) is 0 Å². The Balaban J connectivity index is 0.00000512. The second-order valence-electron chi connectivity index (χ2n) is 9.13. The third kappa shape index (κ3) is 13.7. The maximum Gasteiger partial charge on any atom is 1.00 e. The zero-order valence-corrected chi connectivity index (χ0v) is 23.3. The van der Waals surface area contributed by atoms with Crippen LogP contribution in [0.25, 0.3) is 0 Å². The van der Waals surface area contributed by atoms with Gasteiger partial charge >= 0.3 is 29.6 Å². The average molecular weight is 447 g/mol. The van der Waals surface area contributed by atoms with Crippen LogP contribution >= 0.6 is 0 Å². The molecule has 32 heavy (non-hydrogen) atoms. The molecule has 0 atom stereocenters. The van der Waals surface area contributed by atoms with Crippen molar-refractivity contribution in [1.29, 1.82) is 0 Å². The first kappa shape index (κ1) is 29.3. The monoisotopic (exact) mass is 446 g/mol. The van der Waals surface area contributed by atoms with Crippen LogP contribution in [0.3, 0.4) is 0 Å². The van der Waals surface area contributed by atoms with Crippen molar-refractivity contribution in [3.63, 3.8) is 0 Å². The molecule has 0 saturated carbocycles. The Morgan fingerprint density at radius 3 is 1.12 bits per heavy atom. The van der Waals surface area contributed by atoms with Gasteiger partial charge in [0.25, 0.3) is 0 Å². The summed E-state index contributed by atoms with van der Waals surface area (Å²) in [6.45, 7) is 4.56. The minimum Gasteiger partial charge on any atom is -1.00 e. The van der Waals surface area contributed by atoms with E-state index in [0.717, 1.165) is 11.5 Å². The van der Waals surface area contributed by atoms with Crippen LogP contribution in [-0.4, -0.2) is 0 Å². The molecule has 0 spiro atoms. The van der Waals surface area contributed by atoms with Crippen molar-refractivity contribution in [3.05, 3.63) is 59.7 Å². The van der Waals surface area contributed by atoms with Crippen LogP contribution in [-0.2, 0) is 12.8 Å². The van der Waals surface area contributed by atoms with Crippen LogP contribution in [0.4, 0.5) is 0 Å². The van der Waals surface area contributed by atoms with Gasteiger partial charge in [-0.2, -0.15) is 0 Å². The maximum atomic E-state index is 6.05. The molecular formula is C30H47NaO. The zero-order chi connectivity index (χ0) is 22.0. The van der Waals surface area contributed by atoms with E-state index in [9.17, 15) is 0 Å². The zero-order valence-electron chi connectivity index (χ0n) is 22.3. The summed E-state index contributed by atoms with van der Waals surface area (Å²) in [5.41, 5.74) is 2.84. The fraction of sp³-hybridized carbons (Fsp3) is 0.600. The molecule has 0 heterocycles.